The normalized spacial score (nSPS) is 13.7. The Labute approximate surface area is 37.7 Å². The molecule has 1 unspecified atom stereocenters. The predicted molar refractivity (Wildman–Crippen MR) is 25.3 cm³/mol. The van der Waals surface area contributed by atoms with E-state index >= 15 is 0 Å². The minimum absolute atomic E-state index is 0.171. The summed E-state index contributed by atoms with van der Waals surface area (Å²) in [5.41, 5.74) is 0. The van der Waals surface area contributed by atoms with Crippen LogP contribution in [0.15, 0.2) is 12.7 Å². The molecular formula is C4H9NO. The van der Waals surface area contributed by atoms with E-state index in [2.05, 4.69) is 6.58 Å². The van der Waals surface area contributed by atoms with Crippen molar-refractivity contribution in [3.8, 4) is 0 Å². The molecular weight excluding hydrogens is 78.0 g/mol. The third-order valence-electron chi connectivity index (χ3n) is 0.432. The zero-order valence-corrected chi connectivity index (χ0v) is 3.90. The number of hydrogen-bond acceptors (Lipinski definition) is 1. The molecule has 0 aliphatic carbocycles. The molecule has 0 amide bonds. The van der Waals surface area contributed by atoms with Gasteiger partial charge in [0.05, 0.1) is 13.6 Å². The van der Waals surface area contributed by atoms with Gasteiger partial charge in [0, 0.05) is 0 Å². The lowest BCUT2D eigenvalue weighted by atomic mass is 10.6. The summed E-state index contributed by atoms with van der Waals surface area (Å²) >= 11 is 0. The Balaban J connectivity index is 2.81. The molecule has 0 rings (SSSR count). The van der Waals surface area contributed by atoms with E-state index in [1.807, 2.05) is 0 Å². The monoisotopic (exact) mass is 87.1 g/mol. The molecule has 2 nitrogen and oxygen atoms in total. The van der Waals surface area contributed by atoms with E-state index in [4.69, 9.17) is 0 Å². The summed E-state index contributed by atoms with van der Waals surface area (Å²) < 4.78 is 0. The van der Waals surface area contributed by atoms with E-state index in [-0.39, 0.29) is 5.06 Å². The largest absolute Gasteiger partial charge is 0.634 e. The van der Waals surface area contributed by atoms with Crippen molar-refractivity contribution in [2.45, 2.75) is 0 Å². The summed E-state index contributed by atoms with van der Waals surface area (Å²) in [6.07, 6.45) is 1.60. The summed E-state index contributed by atoms with van der Waals surface area (Å²) in [4.78, 5) is 0. The third-order valence-corrected chi connectivity index (χ3v) is 0.432. The van der Waals surface area contributed by atoms with Crippen LogP contribution in [0, 0.1) is 5.21 Å². The Kier molecular flexibility index (Phi) is 2.71. The second-order valence-electron chi connectivity index (χ2n) is 1.19. The Morgan fingerprint density at radius 1 is 2.00 bits per heavy atom. The number of nitrogens with one attached hydrogen (secondary N) is 1. The highest BCUT2D eigenvalue weighted by molar-refractivity contribution is 4.61. The van der Waals surface area contributed by atoms with Gasteiger partial charge in [-0.1, -0.05) is 6.58 Å². The summed E-state index contributed by atoms with van der Waals surface area (Å²) in [5.74, 6) is 0. The fourth-order valence-corrected chi connectivity index (χ4v) is 0.203. The van der Waals surface area contributed by atoms with Crippen LogP contribution in [0.4, 0.5) is 0 Å². The molecule has 36 valence electrons. The topological polar surface area (TPSA) is 27.5 Å². The summed E-state index contributed by atoms with van der Waals surface area (Å²) in [6.45, 7) is 3.88. The lowest BCUT2D eigenvalue weighted by Crippen LogP contribution is -3.03. The SMILES string of the molecule is C=CC[NH+](C)[O-]. The van der Waals surface area contributed by atoms with Crippen LogP contribution >= 0.6 is 0 Å². The second kappa shape index (κ2) is 2.87. The Bertz CT molecular complexity index is 42.8. The number of hydrogen-bond donors (Lipinski definition) is 1. The van der Waals surface area contributed by atoms with Crippen molar-refractivity contribution in [2.75, 3.05) is 13.6 Å². The zero-order chi connectivity index (χ0) is 4.99. The molecule has 0 aromatic carbocycles. The van der Waals surface area contributed by atoms with Crippen molar-refractivity contribution in [3.05, 3.63) is 17.9 Å². The van der Waals surface area contributed by atoms with E-state index in [0.29, 0.717) is 6.54 Å². The van der Waals surface area contributed by atoms with Gasteiger partial charge in [-0.3, -0.25) is 0 Å². The van der Waals surface area contributed by atoms with Gasteiger partial charge in [-0.25, -0.2) is 0 Å². The van der Waals surface area contributed by atoms with Crippen LogP contribution in [-0.4, -0.2) is 13.6 Å². The molecule has 0 fully saturated rings. The zero-order valence-electron chi connectivity index (χ0n) is 3.90. The van der Waals surface area contributed by atoms with Gasteiger partial charge in [0.1, 0.15) is 0 Å². The van der Waals surface area contributed by atoms with Crippen molar-refractivity contribution in [1.82, 2.24) is 0 Å². The molecule has 2 heteroatoms. The van der Waals surface area contributed by atoms with Crippen molar-refractivity contribution < 1.29 is 5.06 Å². The molecule has 0 aliphatic rings. The molecule has 0 aromatic heterocycles. The van der Waals surface area contributed by atoms with Crippen molar-refractivity contribution >= 4 is 0 Å². The van der Waals surface area contributed by atoms with Gasteiger partial charge < -0.3 is 10.3 Å². The molecule has 0 saturated carbocycles. The first kappa shape index (κ1) is 5.66. The molecule has 0 bridgehead atoms. The van der Waals surface area contributed by atoms with E-state index in [1.54, 1.807) is 13.1 Å². The summed E-state index contributed by atoms with van der Waals surface area (Å²) in [7, 11) is 1.54. The second-order valence-corrected chi connectivity index (χ2v) is 1.19. The van der Waals surface area contributed by atoms with E-state index in [0.717, 1.165) is 0 Å². The lowest BCUT2D eigenvalue weighted by Gasteiger charge is -2.11. The Morgan fingerprint density at radius 3 is 2.50 bits per heavy atom. The highest BCUT2D eigenvalue weighted by Gasteiger charge is 1.72. The van der Waals surface area contributed by atoms with E-state index in [9.17, 15) is 5.21 Å². The molecule has 1 N–H and O–H groups in total. The quantitative estimate of drug-likeness (QED) is 0.346. The van der Waals surface area contributed by atoms with Gasteiger partial charge in [0.15, 0.2) is 0 Å². The smallest absolute Gasteiger partial charge is 0.0950 e. The first-order valence-electron chi connectivity index (χ1n) is 1.87. The van der Waals surface area contributed by atoms with E-state index < -0.39 is 0 Å². The van der Waals surface area contributed by atoms with Gasteiger partial charge in [0.25, 0.3) is 0 Å². The van der Waals surface area contributed by atoms with Crippen molar-refractivity contribution in [1.29, 1.82) is 0 Å². The van der Waals surface area contributed by atoms with Gasteiger partial charge in [-0.05, 0) is 6.08 Å². The van der Waals surface area contributed by atoms with Crippen LogP contribution in [0.3, 0.4) is 0 Å². The molecule has 0 saturated heterocycles. The molecule has 0 radical (unpaired) electrons. The van der Waals surface area contributed by atoms with E-state index in [1.165, 1.54) is 0 Å². The number of hydroxylamine groups is 2. The number of rotatable bonds is 2. The fourth-order valence-electron chi connectivity index (χ4n) is 0.203. The van der Waals surface area contributed by atoms with Crippen LogP contribution in [0.1, 0.15) is 0 Å². The standard InChI is InChI=1S/C4H9NO/c1-3-4-5(2)6/h3,5H,1,4H2,2H3. The molecule has 0 heterocycles. The van der Waals surface area contributed by atoms with Crippen molar-refractivity contribution in [2.24, 2.45) is 0 Å². The van der Waals surface area contributed by atoms with Gasteiger partial charge in [-0.15, -0.1) is 0 Å². The number of quaternary nitrogens is 1. The Morgan fingerprint density at radius 2 is 2.50 bits per heavy atom. The first-order valence-corrected chi connectivity index (χ1v) is 1.87. The first-order chi connectivity index (χ1) is 2.77. The van der Waals surface area contributed by atoms with Crippen LogP contribution < -0.4 is 5.06 Å². The lowest BCUT2D eigenvalue weighted by molar-refractivity contribution is -0.818. The van der Waals surface area contributed by atoms with Gasteiger partial charge in [-0.2, -0.15) is 0 Å². The average Bonchev–Trinajstić information content (AvgIpc) is 1.35. The predicted octanol–water partition coefficient (Wildman–Crippen LogP) is -0.815. The van der Waals surface area contributed by atoms with Crippen LogP contribution in [0.2, 0.25) is 0 Å². The maximum absolute atomic E-state index is 9.97. The molecule has 0 aromatic rings. The molecule has 6 heavy (non-hydrogen) atoms. The minimum atomic E-state index is 0.171. The highest BCUT2D eigenvalue weighted by atomic mass is 16.5. The molecule has 1 atom stereocenters. The van der Waals surface area contributed by atoms with Crippen molar-refractivity contribution in [3.63, 3.8) is 0 Å². The minimum Gasteiger partial charge on any atom is -0.634 e. The molecule has 0 spiro atoms. The third kappa shape index (κ3) is 3.66. The fraction of sp³-hybridized carbons (Fsp3) is 0.500. The van der Waals surface area contributed by atoms with Crippen LogP contribution in [0.25, 0.3) is 0 Å². The highest BCUT2D eigenvalue weighted by Crippen LogP contribution is 1.43. The summed E-state index contributed by atoms with van der Waals surface area (Å²) in [5, 5.41) is 10.1. The maximum Gasteiger partial charge on any atom is 0.0950 e. The maximum atomic E-state index is 9.97. The van der Waals surface area contributed by atoms with Crippen LogP contribution in [-0.2, 0) is 0 Å². The molecule has 0 aliphatic heterocycles. The number of likely N-dealkylation sites (N-methyl/N-ethyl adjacent to an activating group) is 1. The van der Waals surface area contributed by atoms with Gasteiger partial charge >= 0.3 is 0 Å². The Hall–Kier alpha value is -0.340. The average molecular weight is 87.1 g/mol. The van der Waals surface area contributed by atoms with Crippen LogP contribution in [0.5, 0.6) is 0 Å². The van der Waals surface area contributed by atoms with Gasteiger partial charge in [0.2, 0.25) is 0 Å². The summed E-state index contributed by atoms with van der Waals surface area (Å²) in [6, 6.07) is 0.